The Morgan fingerprint density at radius 1 is 1.06 bits per heavy atom. The molecule has 0 atom stereocenters. The second-order valence-corrected chi connectivity index (χ2v) is 12.4. The maximum Gasteiger partial charge on any atom is 0.326 e. The molecular formula is C27H37N3O5S. The first-order chi connectivity index (χ1) is 16.8. The molecule has 1 saturated heterocycles. The molecular weight excluding hydrogens is 478 g/mol. The standard InChI is InChI=1S/C27H37N3O5S/c1-25(2,3)33-22(31)16-29-23(32)20-10-8-9-11-21(20)28-24(29)36-17-18-12-14-19(15-13-18)30-34-26(4,5)27(6,7)35-30/h12-15H,8-11,16-17H2,1-7H3. The van der Waals surface area contributed by atoms with Crippen molar-refractivity contribution in [2.24, 2.45) is 0 Å². The number of benzene rings is 1. The molecule has 0 saturated carbocycles. The van der Waals surface area contributed by atoms with E-state index in [1.165, 1.54) is 21.6 Å². The molecule has 0 unspecified atom stereocenters. The van der Waals surface area contributed by atoms with Crippen LogP contribution < -0.4 is 10.8 Å². The van der Waals surface area contributed by atoms with Gasteiger partial charge >= 0.3 is 5.97 Å². The van der Waals surface area contributed by atoms with E-state index in [1.807, 2.05) is 72.7 Å². The first-order valence-electron chi connectivity index (χ1n) is 12.5. The van der Waals surface area contributed by atoms with Gasteiger partial charge in [0.15, 0.2) is 5.16 Å². The quantitative estimate of drug-likeness (QED) is 0.302. The van der Waals surface area contributed by atoms with Crippen LogP contribution in [0.3, 0.4) is 0 Å². The zero-order valence-corrected chi connectivity index (χ0v) is 23.2. The molecule has 1 fully saturated rings. The maximum absolute atomic E-state index is 13.3. The topological polar surface area (TPSA) is 82.9 Å². The molecule has 0 spiro atoms. The number of carbonyl (C=O) groups excluding carboxylic acids is 1. The summed E-state index contributed by atoms with van der Waals surface area (Å²) in [5.74, 6) is 0.156. The zero-order valence-electron chi connectivity index (χ0n) is 22.3. The van der Waals surface area contributed by atoms with Gasteiger partial charge in [0.2, 0.25) is 0 Å². The van der Waals surface area contributed by atoms with Gasteiger partial charge in [-0.3, -0.25) is 14.2 Å². The highest BCUT2D eigenvalue weighted by Crippen LogP contribution is 2.40. The third-order valence-electron chi connectivity index (χ3n) is 6.70. The number of hydrogen-bond donors (Lipinski definition) is 0. The predicted octanol–water partition coefficient (Wildman–Crippen LogP) is 5.00. The molecule has 1 aromatic carbocycles. The fourth-order valence-electron chi connectivity index (χ4n) is 4.04. The van der Waals surface area contributed by atoms with Crippen molar-refractivity contribution in [2.45, 2.75) is 108 Å². The number of fused-ring (bicyclic) bond motifs is 1. The van der Waals surface area contributed by atoms with Crippen LogP contribution in [0.5, 0.6) is 0 Å². The van der Waals surface area contributed by atoms with E-state index in [0.29, 0.717) is 17.3 Å². The number of anilines is 1. The number of hydrogen-bond acceptors (Lipinski definition) is 8. The van der Waals surface area contributed by atoms with Gasteiger partial charge in [-0.25, -0.2) is 14.7 Å². The Morgan fingerprint density at radius 2 is 1.67 bits per heavy atom. The highest BCUT2D eigenvalue weighted by Gasteiger charge is 2.50. The average Bonchev–Trinajstić information content (AvgIpc) is 3.00. The van der Waals surface area contributed by atoms with E-state index in [1.54, 1.807) is 0 Å². The van der Waals surface area contributed by atoms with Crippen LogP contribution in [-0.4, -0.2) is 32.3 Å². The Hall–Kier alpha value is -2.36. The molecule has 4 rings (SSSR count). The summed E-state index contributed by atoms with van der Waals surface area (Å²) in [6.07, 6.45) is 3.49. The average molecular weight is 516 g/mol. The lowest BCUT2D eigenvalue weighted by molar-refractivity contribution is -0.155. The molecule has 0 bridgehead atoms. The molecule has 9 heteroatoms. The summed E-state index contributed by atoms with van der Waals surface area (Å²) in [5.41, 5.74) is 1.78. The summed E-state index contributed by atoms with van der Waals surface area (Å²) in [6.45, 7) is 13.3. The predicted molar refractivity (Wildman–Crippen MR) is 140 cm³/mol. The number of esters is 1. The number of ether oxygens (including phenoxy) is 1. The van der Waals surface area contributed by atoms with Gasteiger partial charge in [-0.05, 0) is 91.8 Å². The van der Waals surface area contributed by atoms with E-state index in [-0.39, 0.29) is 12.1 Å². The molecule has 196 valence electrons. The SMILES string of the molecule is CC(C)(C)OC(=O)Cn1c(SCc2ccc(N3OC(C)(C)C(C)(C)O3)cc2)nc2c(c1=O)CCCC2. The van der Waals surface area contributed by atoms with Crippen molar-refractivity contribution in [3.8, 4) is 0 Å². The molecule has 2 heterocycles. The van der Waals surface area contributed by atoms with Gasteiger partial charge in [-0.15, -0.1) is 5.23 Å². The van der Waals surface area contributed by atoms with E-state index in [4.69, 9.17) is 19.4 Å². The van der Waals surface area contributed by atoms with Gasteiger partial charge in [-0.2, -0.15) is 0 Å². The van der Waals surface area contributed by atoms with E-state index >= 15 is 0 Å². The third kappa shape index (κ3) is 5.79. The minimum absolute atomic E-state index is 0.128. The Balaban J connectivity index is 1.52. The molecule has 0 amide bonds. The summed E-state index contributed by atoms with van der Waals surface area (Å²) in [5, 5.41) is 2.02. The molecule has 1 aromatic heterocycles. The van der Waals surface area contributed by atoms with Crippen molar-refractivity contribution < 1.29 is 19.2 Å². The first-order valence-corrected chi connectivity index (χ1v) is 13.5. The van der Waals surface area contributed by atoms with Gasteiger partial charge < -0.3 is 4.74 Å². The summed E-state index contributed by atoms with van der Waals surface area (Å²) in [4.78, 5) is 42.7. The lowest BCUT2D eigenvalue weighted by Gasteiger charge is -2.26. The smallest absolute Gasteiger partial charge is 0.326 e. The minimum atomic E-state index is -0.620. The van der Waals surface area contributed by atoms with E-state index in [9.17, 15) is 9.59 Å². The molecule has 1 aliphatic carbocycles. The van der Waals surface area contributed by atoms with Gasteiger partial charge in [0, 0.05) is 11.3 Å². The van der Waals surface area contributed by atoms with Crippen LogP contribution in [0, 0.1) is 0 Å². The Bertz CT molecular complexity index is 1170. The number of thioether (sulfide) groups is 1. The van der Waals surface area contributed by atoms with Crippen LogP contribution in [0.15, 0.2) is 34.2 Å². The summed E-state index contributed by atoms with van der Waals surface area (Å²) < 4.78 is 6.97. The summed E-state index contributed by atoms with van der Waals surface area (Å²) in [7, 11) is 0. The van der Waals surface area contributed by atoms with Crippen LogP contribution in [0.2, 0.25) is 0 Å². The van der Waals surface area contributed by atoms with Crippen LogP contribution in [0.1, 0.15) is 78.1 Å². The first kappa shape index (κ1) is 26.7. The maximum atomic E-state index is 13.3. The van der Waals surface area contributed by atoms with Gasteiger partial charge in [0.05, 0.1) is 11.4 Å². The lowest BCUT2D eigenvalue weighted by atomic mass is 9.90. The molecule has 8 nitrogen and oxygen atoms in total. The highest BCUT2D eigenvalue weighted by molar-refractivity contribution is 7.98. The van der Waals surface area contributed by atoms with Crippen LogP contribution in [0.4, 0.5) is 5.69 Å². The van der Waals surface area contributed by atoms with Crippen molar-refractivity contribution in [3.05, 3.63) is 51.4 Å². The van der Waals surface area contributed by atoms with Crippen molar-refractivity contribution in [2.75, 3.05) is 5.23 Å². The highest BCUT2D eigenvalue weighted by atomic mass is 32.2. The lowest BCUT2D eigenvalue weighted by Crippen LogP contribution is -2.41. The van der Waals surface area contributed by atoms with Gasteiger partial charge in [0.25, 0.3) is 5.56 Å². The normalized spacial score (nSPS) is 18.7. The molecule has 1 aliphatic heterocycles. The third-order valence-corrected chi connectivity index (χ3v) is 7.75. The van der Waals surface area contributed by atoms with Gasteiger partial charge in [0.1, 0.15) is 23.3 Å². The molecule has 0 N–H and O–H groups in total. The van der Waals surface area contributed by atoms with Crippen molar-refractivity contribution in [1.82, 2.24) is 9.55 Å². The van der Waals surface area contributed by atoms with Crippen molar-refractivity contribution in [1.29, 1.82) is 0 Å². The number of rotatable bonds is 6. The summed E-state index contributed by atoms with van der Waals surface area (Å²) in [6, 6.07) is 7.90. The number of carbonyl (C=O) groups is 1. The molecule has 36 heavy (non-hydrogen) atoms. The van der Waals surface area contributed by atoms with E-state index in [0.717, 1.165) is 41.8 Å². The Labute approximate surface area is 217 Å². The van der Waals surface area contributed by atoms with Gasteiger partial charge in [-0.1, -0.05) is 23.9 Å². The van der Waals surface area contributed by atoms with Crippen LogP contribution >= 0.6 is 11.8 Å². The second kappa shape index (κ2) is 9.84. The fourth-order valence-corrected chi connectivity index (χ4v) is 5.01. The Kier molecular flexibility index (Phi) is 7.29. The summed E-state index contributed by atoms with van der Waals surface area (Å²) >= 11 is 1.45. The zero-order chi connectivity index (χ0) is 26.3. The molecule has 2 aromatic rings. The second-order valence-electron chi connectivity index (χ2n) is 11.4. The number of aryl methyl sites for hydroxylation is 1. The molecule has 2 aliphatic rings. The number of aromatic nitrogens is 2. The van der Waals surface area contributed by atoms with Crippen LogP contribution in [-0.2, 0) is 44.3 Å². The minimum Gasteiger partial charge on any atom is -0.459 e. The fraction of sp³-hybridized carbons (Fsp3) is 0.593. The Morgan fingerprint density at radius 3 is 2.28 bits per heavy atom. The van der Waals surface area contributed by atoms with E-state index in [2.05, 4.69) is 0 Å². The monoisotopic (exact) mass is 515 g/mol. The van der Waals surface area contributed by atoms with E-state index < -0.39 is 22.8 Å². The number of nitrogens with zero attached hydrogens (tertiary/aromatic N) is 3. The molecule has 0 radical (unpaired) electrons. The van der Waals surface area contributed by atoms with Crippen molar-refractivity contribution >= 4 is 23.4 Å². The van der Waals surface area contributed by atoms with Crippen LogP contribution in [0.25, 0.3) is 0 Å². The largest absolute Gasteiger partial charge is 0.459 e. The van der Waals surface area contributed by atoms with Crippen molar-refractivity contribution in [3.63, 3.8) is 0 Å².